The quantitative estimate of drug-likeness (QED) is 0.510. The summed E-state index contributed by atoms with van der Waals surface area (Å²) in [6, 6.07) is 8.69. The van der Waals surface area contributed by atoms with Crippen LogP contribution < -0.4 is 20.4 Å². The van der Waals surface area contributed by atoms with E-state index in [1.165, 1.54) is 12.1 Å². The summed E-state index contributed by atoms with van der Waals surface area (Å²) in [6.07, 6.45) is 1.58. The molecule has 9 heteroatoms. The number of anilines is 5. The minimum atomic E-state index is -0.257. The van der Waals surface area contributed by atoms with Gasteiger partial charge >= 0.3 is 0 Å². The van der Waals surface area contributed by atoms with Gasteiger partial charge < -0.3 is 20.4 Å². The van der Waals surface area contributed by atoms with Gasteiger partial charge in [-0.3, -0.25) is 0 Å². The molecule has 3 heterocycles. The summed E-state index contributed by atoms with van der Waals surface area (Å²) in [7, 11) is 1.87. The van der Waals surface area contributed by atoms with Crippen LogP contribution in [0.1, 0.15) is 39.0 Å². The maximum Gasteiger partial charge on any atom is 0.228 e. The van der Waals surface area contributed by atoms with Gasteiger partial charge in [0.15, 0.2) is 0 Å². The zero-order valence-corrected chi connectivity index (χ0v) is 20.0. The van der Waals surface area contributed by atoms with Gasteiger partial charge in [0.05, 0.1) is 6.67 Å². The van der Waals surface area contributed by atoms with Gasteiger partial charge in [0.1, 0.15) is 29.6 Å². The highest BCUT2D eigenvalue weighted by molar-refractivity contribution is 5.75. The van der Waals surface area contributed by atoms with Gasteiger partial charge in [-0.25, -0.2) is 14.4 Å². The zero-order chi connectivity index (χ0) is 23.8. The number of nitrogens with zero attached hydrogens (tertiary/aromatic N) is 6. The van der Waals surface area contributed by atoms with Crippen molar-refractivity contribution in [2.24, 2.45) is 0 Å². The molecule has 0 bridgehead atoms. The van der Waals surface area contributed by atoms with Crippen LogP contribution in [0.25, 0.3) is 0 Å². The molecule has 0 unspecified atom stereocenters. The van der Waals surface area contributed by atoms with E-state index in [9.17, 15) is 4.39 Å². The van der Waals surface area contributed by atoms with E-state index in [1.54, 1.807) is 18.5 Å². The Morgan fingerprint density at radius 1 is 1.15 bits per heavy atom. The fourth-order valence-corrected chi connectivity index (χ4v) is 4.19. The van der Waals surface area contributed by atoms with E-state index in [0.717, 1.165) is 40.9 Å². The molecular formula is C24H31FN8. The Hall–Kier alpha value is -3.49. The molecule has 0 saturated heterocycles. The Labute approximate surface area is 194 Å². The van der Waals surface area contributed by atoms with Gasteiger partial charge in [-0.05, 0) is 45.0 Å². The Bertz CT molecular complexity index is 1130. The summed E-state index contributed by atoms with van der Waals surface area (Å²) in [5.41, 5.74) is 2.68. The lowest BCUT2D eigenvalue weighted by atomic mass is 9.88. The van der Waals surface area contributed by atoms with Crippen LogP contribution in [-0.2, 0) is 5.41 Å². The van der Waals surface area contributed by atoms with Crippen LogP contribution in [-0.4, -0.2) is 46.2 Å². The Kier molecular flexibility index (Phi) is 6.05. The molecule has 33 heavy (non-hydrogen) atoms. The first-order valence-corrected chi connectivity index (χ1v) is 11.1. The lowest BCUT2D eigenvalue weighted by molar-refractivity contribution is 0.569. The Balaban J connectivity index is 1.68. The topological polar surface area (TPSA) is 82.1 Å². The van der Waals surface area contributed by atoms with E-state index in [2.05, 4.69) is 58.1 Å². The zero-order valence-electron chi connectivity index (χ0n) is 20.0. The van der Waals surface area contributed by atoms with Crippen molar-refractivity contribution in [3.05, 3.63) is 53.7 Å². The third kappa shape index (κ3) is 4.53. The Morgan fingerprint density at radius 2 is 1.88 bits per heavy atom. The van der Waals surface area contributed by atoms with Crippen molar-refractivity contribution < 1.29 is 4.39 Å². The molecule has 174 valence electrons. The van der Waals surface area contributed by atoms with Gasteiger partial charge in [0.25, 0.3) is 0 Å². The molecule has 0 aliphatic carbocycles. The number of benzene rings is 1. The molecule has 0 amide bonds. The minimum absolute atomic E-state index is 0.178. The third-order valence-electron chi connectivity index (χ3n) is 5.87. The van der Waals surface area contributed by atoms with Crippen LogP contribution in [0.4, 0.5) is 33.5 Å². The van der Waals surface area contributed by atoms with E-state index in [0.29, 0.717) is 12.6 Å². The van der Waals surface area contributed by atoms with Crippen molar-refractivity contribution in [2.45, 2.75) is 46.1 Å². The van der Waals surface area contributed by atoms with Crippen molar-refractivity contribution in [2.75, 3.05) is 40.7 Å². The fraction of sp³-hybridized carbons (Fsp3) is 0.417. The molecule has 1 aromatic carbocycles. The molecule has 8 nitrogen and oxygen atoms in total. The van der Waals surface area contributed by atoms with E-state index in [4.69, 9.17) is 9.97 Å². The van der Waals surface area contributed by atoms with Crippen molar-refractivity contribution in [3.8, 4) is 0 Å². The lowest BCUT2D eigenvalue weighted by Crippen LogP contribution is -2.36. The summed E-state index contributed by atoms with van der Waals surface area (Å²) in [5.74, 6) is 2.70. The van der Waals surface area contributed by atoms with Crippen LogP contribution in [0.5, 0.6) is 0 Å². The van der Waals surface area contributed by atoms with Crippen LogP contribution in [0.15, 0.2) is 36.7 Å². The van der Waals surface area contributed by atoms with Crippen LogP contribution in [0.3, 0.4) is 0 Å². The standard InChI is InChI=1S/C24H31FN8/c1-15(2)33(19-11-16(3)27-13-28-19)14-29-23-30-21(26-6)20-22(31-23)32(12-24(20,4)5)18-9-7-17(25)8-10-18/h7-11,13,15H,12,14H2,1-6H3,(H2,26,29,30,31). The first-order valence-electron chi connectivity index (χ1n) is 11.1. The summed E-state index contributed by atoms with van der Waals surface area (Å²) in [4.78, 5) is 22.5. The molecule has 3 aromatic rings. The van der Waals surface area contributed by atoms with E-state index >= 15 is 0 Å². The van der Waals surface area contributed by atoms with Gasteiger partial charge in [0, 0.05) is 48.1 Å². The molecule has 4 rings (SSSR count). The molecule has 1 aliphatic heterocycles. The molecule has 0 radical (unpaired) electrons. The maximum absolute atomic E-state index is 13.5. The predicted octanol–water partition coefficient (Wildman–Crippen LogP) is 4.47. The van der Waals surface area contributed by atoms with Crippen LogP contribution in [0.2, 0.25) is 0 Å². The lowest BCUT2D eigenvalue weighted by Gasteiger charge is -2.28. The highest BCUT2D eigenvalue weighted by atomic mass is 19.1. The number of aryl methyl sites for hydroxylation is 1. The average Bonchev–Trinajstić information content (AvgIpc) is 3.04. The van der Waals surface area contributed by atoms with Gasteiger partial charge in [-0.2, -0.15) is 9.97 Å². The van der Waals surface area contributed by atoms with Crippen molar-refractivity contribution in [1.82, 2.24) is 19.9 Å². The smallest absolute Gasteiger partial charge is 0.228 e. The van der Waals surface area contributed by atoms with Crippen molar-refractivity contribution in [1.29, 1.82) is 0 Å². The average molecular weight is 451 g/mol. The van der Waals surface area contributed by atoms with E-state index < -0.39 is 0 Å². The van der Waals surface area contributed by atoms with Gasteiger partial charge in [-0.1, -0.05) is 13.8 Å². The normalized spacial score (nSPS) is 14.4. The fourth-order valence-electron chi connectivity index (χ4n) is 4.19. The second kappa shape index (κ2) is 8.80. The van der Waals surface area contributed by atoms with Gasteiger partial charge in [-0.15, -0.1) is 0 Å². The van der Waals surface area contributed by atoms with Crippen LogP contribution >= 0.6 is 0 Å². The maximum atomic E-state index is 13.5. The number of nitrogens with one attached hydrogen (secondary N) is 2. The van der Waals surface area contributed by atoms with Crippen LogP contribution in [0, 0.1) is 12.7 Å². The number of fused-ring (bicyclic) bond motifs is 1. The highest BCUT2D eigenvalue weighted by Crippen LogP contribution is 2.46. The SMILES string of the molecule is CNc1nc(NCN(c2cc(C)ncn2)C(C)C)nc2c1C(C)(C)CN2c1ccc(F)cc1. The number of halogens is 1. The predicted molar refractivity (Wildman–Crippen MR) is 131 cm³/mol. The molecule has 0 fully saturated rings. The number of hydrogen-bond donors (Lipinski definition) is 2. The molecule has 0 spiro atoms. The van der Waals surface area contributed by atoms with Crippen molar-refractivity contribution in [3.63, 3.8) is 0 Å². The highest BCUT2D eigenvalue weighted by Gasteiger charge is 2.40. The summed E-state index contributed by atoms with van der Waals surface area (Å²) < 4.78 is 13.5. The second-order valence-electron chi connectivity index (χ2n) is 9.21. The Morgan fingerprint density at radius 3 is 2.52 bits per heavy atom. The number of rotatable bonds is 7. The van der Waals surface area contributed by atoms with Gasteiger partial charge in [0.2, 0.25) is 5.95 Å². The van der Waals surface area contributed by atoms with E-state index in [-0.39, 0.29) is 17.3 Å². The monoisotopic (exact) mass is 450 g/mol. The third-order valence-corrected chi connectivity index (χ3v) is 5.87. The molecular weight excluding hydrogens is 419 g/mol. The molecule has 0 saturated carbocycles. The molecule has 2 aromatic heterocycles. The van der Waals surface area contributed by atoms with E-state index in [1.807, 2.05) is 20.0 Å². The van der Waals surface area contributed by atoms with Crippen molar-refractivity contribution >= 4 is 29.1 Å². The first-order chi connectivity index (χ1) is 15.7. The largest absolute Gasteiger partial charge is 0.373 e. The number of aromatic nitrogens is 4. The molecule has 2 N–H and O–H groups in total. The molecule has 1 aliphatic rings. The summed E-state index contributed by atoms with van der Waals surface area (Å²) >= 11 is 0. The first kappa shape index (κ1) is 22.7. The minimum Gasteiger partial charge on any atom is -0.373 e. The second-order valence-corrected chi connectivity index (χ2v) is 9.21. The molecule has 0 atom stereocenters. The summed E-state index contributed by atoms with van der Waals surface area (Å²) in [5, 5.41) is 6.62. The summed E-state index contributed by atoms with van der Waals surface area (Å²) in [6.45, 7) is 11.7. The number of hydrogen-bond acceptors (Lipinski definition) is 8.